The van der Waals surface area contributed by atoms with E-state index in [0.29, 0.717) is 132 Å². The second-order valence-electron chi connectivity index (χ2n) is 46.5. The van der Waals surface area contributed by atoms with Crippen molar-refractivity contribution >= 4 is 113 Å². The maximum Gasteiger partial charge on any atom is 0.271 e. The van der Waals surface area contributed by atoms with Crippen LogP contribution in [0.3, 0.4) is 0 Å². The van der Waals surface area contributed by atoms with E-state index in [-0.39, 0.29) is 96.0 Å². The molecule has 0 radical (unpaired) electrons. The topological polar surface area (TPSA) is 416 Å². The van der Waals surface area contributed by atoms with Crippen molar-refractivity contribution in [2.75, 3.05) is 0 Å². The van der Waals surface area contributed by atoms with Crippen LogP contribution in [-0.2, 0) is 0 Å². The van der Waals surface area contributed by atoms with Crippen LogP contribution in [0.1, 0.15) is 345 Å². The van der Waals surface area contributed by atoms with E-state index in [1.54, 1.807) is 18.0 Å². The summed E-state index contributed by atoms with van der Waals surface area (Å²) in [5.74, 6) is 7.23. The van der Waals surface area contributed by atoms with Gasteiger partial charge in [0.2, 0.25) is 0 Å². The van der Waals surface area contributed by atoms with Gasteiger partial charge in [-0.25, -0.2) is 26.3 Å². The molecule has 0 heterocycles. The Kier molecular flexibility index (Phi) is 71.8. The first-order valence-electron chi connectivity index (χ1n) is 53.2. The van der Waals surface area contributed by atoms with Crippen LogP contribution in [0.5, 0.6) is 0 Å². The third-order valence-electron chi connectivity index (χ3n) is 30.4. The molecule has 0 saturated heterocycles. The van der Waals surface area contributed by atoms with E-state index < -0.39 is 34.7 Å². The van der Waals surface area contributed by atoms with E-state index in [1.165, 1.54) is 90.4 Å². The summed E-state index contributed by atoms with van der Waals surface area (Å²) in [5, 5.41) is 0.241. The summed E-state index contributed by atoms with van der Waals surface area (Å²) in [6, 6.07) is 0.870. The fourth-order valence-electron chi connectivity index (χ4n) is 21.9. The zero-order chi connectivity index (χ0) is 110. The van der Waals surface area contributed by atoms with Gasteiger partial charge in [0.1, 0.15) is 21.2 Å². The van der Waals surface area contributed by atoms with Gasteiger partial charge in [-0.2, -0.15) is 8.78 Å². The normalized spacial score (nSPS) is 40.4. The van der Waals surface area contributed by atoms with Crippen molar-refractivity contribution in [2.24, 2.45) is 186 Å². The van der Waals surface area contributed by atoms with E-state index in [0.717, 1.165) is 161 Å². The number of hydrogen-bond donors (Lipinski definition) is 16. The molecular formula is C111H203Br2Cl7F8N16. The highest BCUT2D eigenvalue weighted by molar-refractivity contribution is 9.09. The quantitative estimate of drug-likeness (QED) is 0.0608. The third-order valence-corrected chi connectivity index (χ3v) is 35.4. The summed E-state index contributed by atoms with van der Waals surface area (Å²) >= 11 is 46.7. The van der Waals surface area contributed by atoms with Crippen molar-refractivity contribution in [1.29, 1.82) is 0 Å². The Morgan fingerprint density at radius 3 is 0.799 bits per heavy atom. The van der Waals surface area contributed by atoms with E-state index in [4.69, 9.17) is 173 Å². The first-order chi connectivity index (χ1) is 66.2. The van der Waals surface area contributed by atoms with Crippen LogP contribution in [0, 0.1) is 94.7 Å². The van der Waals surface area contributed by atoms with Gasteiger partial charge in [0.25, 0.3) is 12.0 Å². The van der Waals surface area contributed by atoms with Gasteiger partial charge in [0.15, 0.2) is 0 Å². The van der Waals surface area contributed by atoms with Crippen LogP contribution < -0.4 is 91.7 Å². The molecule has 0 aliphatic heterocycles. The highest BCUT2D eigenvalue weighted by Crippen LogP contribution is 2.44. The van der Waals surface area contributed by atoms with Gasteiger partial charge < -0.3 is 91.7 Å². The minimum absolute atomic E-state index is 0. The van der Waals surface area contributed by atoms with Gasteiger partial charge in [0.05, 0.1) is 18.7 Å². The molecule has 16 rings (SSSR count). The lowest BCUT2D eigenvalue weighted by molar-refractivity contribution is -0.00920. The molecular weight excluding hydrogens is 2120 g/mol. The number of allylic oxidation sites excluding steroid dienone is 4. The van der Waals surface area contributed by atoms with Crippen molar-refractivity contribution < 1.29 is 35.1 Å². The molecule has 16 aliphatic carbocycles. The van der Waals surface area contributed by atoms with E-state index >= 15 is 0 Å². The molecule has 32 N–H and O–H groups in total. The average Bonchev–Trinajstić information content (AvgIpc) is 1.70. The van der Waals surface area contributed by atoms with Gasteiger partial charge in [-0.1, -0.05) is 266 Å². The smallest absolute Gasteiger partial charge is 0.271 e. The highest BCUT2D eigenvalue weighted by Gasteiger charge is 2.46. The Morgan fingerprint density at radius 1 is 0.368 bits per heavy atom. The third kappa shape index (κ3) is 54.7. The first kappa shape index (κ1) is 143. The van der Waals surface area contributed by atoms with Crippen molar-refractivity contribution in [1.82, 2.24) is 0 Å². The zero-order valence-electron chi connectivity index (χ0n) is 90.8. The Bertz CT molecular complexity index is 3450. The summed E-state index contributed by atoms with van der Waals surface area (Å²) < 4.78 is 97.4. The lowest BCUT2D eigenvalue weighted by atomic mass is 10.1. The molecule has 37 atom stereocenters. The molecule has 0 amide bonds. The fraction of sp³-hybridized carbons (Fsp3) is 0.820. The van der Waals surface area contributed by atoms with Gasteiger partial charge >= 0.3 is 0 Å². The maximum absolute atomic E-state index is 12.7. The molecule has 15 fully saturated rings. The van der Waals surface area contributed by atoms with E-state index in [9.17, 15) is 35.1 Å². The van der Waals surface area contributed by atoms with Crippen LogP contribution >= 0.6 is 113 Å². The van der Waals surface area contributed by atoms with Gasteiger partial charge in [-0.05, 0) is 343 Å². The molecule has 0 unspecified atom stereocenters. The molecule has 15 saturated carbocycles. The summed E-state index contributed by atoms with van der Waals surface area (Å²) in [6.07, 6.45) is 33.2. The van der Waals surface area contributed by atoms with Crippen molar-refractivity contribution in [3.63, 3.8) is 0 Å². The van der Waals surface area contributed by atoms with Crippen LogP contribution in [-0.4, -0.2) is 134 Å². The predicted molar refractivity (Wildman–Crippen MR) is 618 cm³/mol. The van der Waals surface area contributed by atoms with Crippen molar-refractivity contribution in [3.05, 3.63) is 114 Å². The van der Waals surface area contributed by atoms with E-state index in [2.05, 4.69) is 168 Å². The van der Waals surface area contributed by atoms with Crippen molar-refractivity contribution in [2.45, 2.75) is 480 Å². The van der Waals surface area contributed by atoms with Gasteiger partial charge in [-0.15, -0.1) is 11.6 Å². The monoisotopic (exact) mass is 2320 g/mol. The SMILES string of the molecule is C.C/C=C1/C[C@H](C)C[C@@H]1N.C/C=C1\C[C@H](C)C[C@@H]1N.CC(C)=C1C[C@H](C)C[C@@H]1N.CC1=C[C@H](C)C[C@@H]1N.C[C@@H]1C[C@H](N)C(Cl)(Cl)C1.C[C@@H]1C[C@H](N)C(F)(F)C1.C[C@@H]1C[C@H](N)[C@@H](Br)C1.C[C@@H]1C[C@H](N)[C@@H](Cl)C1.C[C@@H]1C[C@H](N)[C@@H](F)C1.C[C@H]1C/C(=C/Cl)[C@@H](N)C1.C[C@H]1C/C(=C/F)[C@@H](N)C1.C[C@H]1C/C(=C\Cl)[C@@H](N)C1.C[C@H]1C/C(=C\F)[C@@H](N)C1.C[C@H]1CC(=C(Cl)Cl)[C@@H](N)C1.C[C@H]1CC(=C(F)F)[C@@H](N)C1.C[C@H]1C[C@H](F)[C@@H](N)[C@@H]1Br. The molecule has 0 aromatic carbocycles. The molecule has 33 heteroatoms. The number of rotatable bonds is 0. The molecule has 846 valence electrons. The van der Waals surface area contributed by atoms with Crippen molar-refractivity contribution in [3.8, 4) is 0 Å². The Labute approximate surface area is 921 Å². The van der Waals surface area contributed by atoms with Crippen LogP contribution in [0.4, 0.5) is 35.1 Å². The first-order valence-corrected chi connectivity index (χ1v) is 57.8. The number of hydrogen-bond acceptors (Lipinski definition) is 16. The lowest BCUT2D eigenvalue weighted by Gasteiger charge is -2.16. The van der Waals surface area contributed by atoms with Crippen LogP contribution in [0.15, 0.2) is 114 Å². The Hall–Kier alpha value is -0.810. The molecule has 16 nitrogen and oxygen atoms in total. The lowest BCUT2D eigenvalue weighted by Crippen LogP contribution is -2.34. The maximum atomic E-state index is 12.7. The standard InChI is InChI=1S/C9H17N.2C8H15N.C7H11Cl2N.2C7H12ClN.C7H11F2N.2C7H12FN.C7H13N.C6H11BrFN.C6H12BrN.C6H11Cl2N.C6H12ClN.C6H11F2N.C6H12FN.CH4/c1-6(2)8-4-7(3)5-9(8)10;2*1-3-7-4-6(2)5-8(7)9;1-4-2-5(7(8)9)6(10)3-4;2*1-5-2-6(4-8)7(9)3-5;1-4-2-5(7(8)9)6(10)3-4;2*1-5-2-6(4-8)7(9)3-5;1-5-3-6(2)7(8)4-5;1-3-2-4(8)6(9)5(3)7;1-4-2-5(7)6(8)3-4;1-4-2-5(9)6(7,8)3-4;1-4-2-5(7)6(8)3-4;1-4-2-5(9)6(7,8)3-4;1-4-2-5(7)6(8)3-4;/h7,9H,4-5,10H2,1-3H3;2*3,6,8H,4-5,9H2,1-2H3;4,6H,2-3,10H2,1H3;2*4-5,7H,2-3,9H2,1H3;4,6H,2-3,10H2,1H3;2*4-5,7H,2-3,9H2,1H3;3,5,7H,4,8H2,1-2H3;3-6H,2,9H2,1H3;4-6H,2-3,8H2,1H3;4-5H,2-3,9H2,1H3;4-6H,2-3,8H2,1H3;4-5H,2-3,9H2,1H3;4-6H,2-3,8H2,1H3;1H4/b;7-3+;7-3-;;6-4+;6-4-;;6-4+;6-4-;;;;;;;;/t7-,9-;2*6-,8-;4-,6-;2*5-,7-;4-,6-;3*5-,7-;3-,4-,5+,6+;4-,5-,6-;4-,5+;4-,5-,6-;4-,5+;4-,5-,6-;/m0000000000001010./s1. The fourth-order valence-corrected chi connectivity index (χ4v) is 25.4. The van der Waals surface area contributed by atoms with Crippen LogP contribution in [0.25, 0.3) is 0 Å². The summed E-state index contributed by atoms with van der Waals surface area (Å²) in [4.78, 5) is 0.755. The second-order valence-corrected chi connectivity index (χ2v) is 52.2. The summed E-state index contributed by atoms with van der Waals surface area (Å²) in [6.45, 7) is 44.7. The summed E-state index contributed by atoms with van der Waals surface area (Å²) in [7, 11) is 0. The van der Waals surface area contributed by atoms with E-state index in [1.807, 2.05) is 20.8 Å². The minimum atomic E-state index is -2.60. The summed E-state index contributed by atoms with van der Waals surface area (Å²) in [5.41, 5.74) is 106. The molecule has 16 aliphatic rings. The predicted octanol–water partition coefficient (Wildman–Crippen LogP) is 27.3. The molecule has 0 spiro atoms. The number of nitrogens with two attached hydrogens (primary N) is 16. The Balaban J connectivity index is 0.00000151. The highest BCUT2D eigenvalue weighted by atomic mass is 79.9. The molecule has 0 bridgehead atoms. The number of halogens is 17. The zero-order valence-corrected chi connectivity index (χ0v) is 99.2. The molecule has 144 heavy (non-hydrogen) atoms. The van der Waals surface area contributed by atoms with Gasteiger partial charge in [-0.3, -0.25) is 0 Å². The minimum Gasteiger partial charge on any atom is -0.327 e. The van der Waals surface area contributed by atoms with Crippen LogP contribution in [0.2, 0.25) is 0 Å². The van der Waals surface area contributed by atoms with Gasteiger partial charge in [0, 0.05) is 129 Å². The largest absolute Gasteiger partial charge is 0.327 e. The Morgan fingerprint density at radius 2 is 0.694 bits per heavy atom. The second kappa shape index (κ2) is 72.2. The number of alkyl halides is 9. The molecule has 0 aromatic rings. The molecule has 0 aromatic heterocycles. The average molecular weight is 2320 g/mol.